The van der Waals surface area contributed by atoms with Crippen LogP contribution in [0.25, 0.3) is 0 Å². The molecule has 3 nitrogen and oxygen atoms in total. The molecule has 0 radical (unpaired) electrons. The third kappa shape index (κ3) is 2.14. The standard InChI is InChI=1S/C9H7F2NO2/c1-14-9-3-8(11)7(10)2-6(9)4-12-5-13/h2-3H,4H2,1H3. The molecule has 0 aliphatic heterocycles. The van der Waals surface area contributed by atoms with Gasteiger partial charge in [0.25, 0.3) is 0 Å². The average molecular weight is 199 g/mol. The van der Waals surface area contributed by atoms with Crippen LogP contribution in [0.15, 0.2) is 17.1 Å². The van der Waals surface area contributed by atoms with Crippen molar-refractivity contribution in [3.63, 3.8) is 0 Å². The molecule has 74 valence electrons. The molecule has 0 saturated heterocycles. The van der Waals surface area contributed by atoms with E-state index in [-0.39, 0.29) is 12.3 Å². The van der Waals surface area contributed by atoms with E-state index in [1.54, 1.807) is 0 Å². The fraction of sp³-hybridized carbons (Fsp3) is 0.222. The highest BCUT2D eigenvalue weighted by Gasteiger charge is 2.09. The van der Waals surface area contributed by atoms with Crippen molar-refractivity contribution in [1.82, 2.24) is 0 Å². The first kappa shape index (κ1) is 10.3. The summed E-state index contributed by atoms with van der Waals surface area (Å²) in [6, 6.07) is 1.85. The van der Waals surface area contributed by atoms with Crippen LogP contribution in [0.4, 0.5) is 8.78 Å². The fourth-order valence-electron chi connectivity index (χ4n) is 1.00. The maximum absolute atomic E-state index is 12.8. The number of isocyanates is 1. The lowest BCUT2D eigenvalue weighted by Crippen LogP contribution is -1.95. The molecule has 0 aliphatic carbocycles. The molecule has 0 N–H and O–H groups in total. The predicted octanol–water partition coefficient (Wildman–Crippen LogP) is 1.81. The Balaban J connectivity index is 3.12. The molecular weight excluding hydrogens is 192 g/mol. The van der Waals surface area contributed by atoms with Gasteiger partial charge in [-0.25, -0.2) is 18.6 Å². The Morgan fingerprint density at radius 1 is 1.43 bits per heavy atom. The fourth-order valence-corrected chi connectivity index (χ4v) is 1.00. The van der Waals surface area contributed by atoms with E-state index >= 15 is 0 Å². The van der Waals surface area contributed by atoms with E-state index in [9.17, 15) is 13.6 Å². The van der Waals surface area contributed by atoms with E-state index in [4.69, 9.17) is 4.74 Å². The zero-order valence-corrected chi connectivity index (χ0v) is 7.38. The maximum atomic E-state index is 12.8. The zero-order chi connectivity index (χ0) is 10.6. The van der Waals surface area contributed by atoms with Crippen LogP contribution in [0.3, 0.4) is 0 Å². The normalized spacial score (nSPS) is 9.36. The van der Waals surface area contributed by atoms with Gasteiger partial charge in [-0.15, -0.1) is 0 Å². The molecule has 0 heterocycles. The molecule has 0 saturated carbocycles. The smallest absolute Gasteiger partial charge is 0.235 e. The zero-order valence-electron chi connectivity index (χ0n) is 7.38. The van der Waals surface area contributed by atoms with Crippen molar-refractivity contribution < 1.29 is 18.3 Å². The van der Waals surface area contributed by atoms with Gasteiger partial charge < -0.3 is 4.74 Å². The van der Waals surface area contributed by atoms with Crippen molar-refractivity contribution >= 4 is 6.08 Å². The molecule has 1 aromatic rings. The summed E-state index contributed by atoms with van der Waals surface area (Å²) in [4.78, 5) is 13.1. The summed E-state index contributed by atoms with van der Waals surface area (Å²) in [7, 11) is 1.32. The Hall–Kier alpha value is -1.74. The summed E-state index contributed by atoms with van der Waals surface area (Å²) in [6.45, 7) is -0.0795. The maximum Gasteiger partial charge on any atom is 0.235 e. The van der Waals surface area contributed by atoms with Crippen molar-refractivity contribution in [2.24, 2.45) is 4.99 Å². The van der Waals surface area contributed by atoms with Gasteiger partial charge in [0, 0.05) is 11.6 Å². The molecule has 14 heavy (non-hydrogen) atoms. The van der Waals surface area contributed by atoms with Gasteiger partial charge in [-0.05, 0) is 6.07 Å². The van der Waals surface area contributed by atoms with Crippen molar-refractivity contribution in [3.8, 4) is 5.75 Å². The monoisotopic (exact) mass is 199 g/mol. The van der Waals surface area contributed by atoms with E-state index in [2.05, 4.69) is 4.99 Å². The van der Waals surface area contributed by atoms with E-state index in [0.29, 0.717) is 5.56 Å². The first-order valence-electron chi connectivity index (χ1n) is 3.74. The summed E-state index contributed by atoms with van der Waals surface area (Å²) in [5.74, 6) is -1.84. The van der Waals surface area contributed by atoms with Gasteiger partial charge in [0.2, 0.25) is 6.08 Å². The van der Waals surface area contributed by atoms with Gasteiger partial charge >= 0.3 is 0 Å². The van der Waals surface area contributed by atoms with Crippen molar-refractivity contribution in [3.05, 3.63) is 29.3 Å². The average Bonchev–Trinajstić information content (AvgIpc) is 2.19. The molecule has 0 amide bonds. The highest BCUT2D eigenvalue weighted by atomic mass is 19.2. The number of hydrogen-bond acceptors (Lipinski definition) is 3. The van der Waals surface area contributed by atoms with Crippen LogP contribution in [0.2, 0.25) is 0 Å². The van der Waals surface area contributed by atoms with Crippen LogP contribution >= 0.6 is 0 Å². The minimum atomic E-state index is -0.999. The summed E-state index contributed by atoms with van der Waals surface area (Å²) in [6.07, 6.45) is 1.30. The van der Waals surface area contributed by atoms with Crippen LogP contribution in [-0.2, 0) is 11.3 Å². The van der Waals surface area contributed by atoms with Gasteiger partial charge in [-0.1, -0.05) is 0 Å². The molecule has 0 bridgehead atoms. The van der Waals surface area contributed by atoms with Crippen LogP contribution in [0.1, 0.15) is 5.56 Å². The highest BCUT2D eigenvalue weighted by molar-refractivity contribution is 5.38. The summed E-state index contributed by atoms with van der Waals surface area (Å²) >= 11 is 0. The van der Waals surface area contributed by atoms with E-state index < -0.39 is 11.6 Å². The van der Waals surface area contributed by atoms with Gasteiger partial charge in [-0.3, -0.25) is 0 Å². The number of hydrogen-bond donors (Lipinski definition) is 0. The molecule has 5 heteroatoms. The van der Waals surface area contributed by atoms with Crippen LogP contribution in [-0.4, -0.2) is 13.2 Å². The molecule has 0 atom stereocenters. The molecule has 1 aromatic carbocycles. The topological polar surface area (TPSA) is 38.7 Å². The van der Waals surface area contributed by atoms with Crippen LogP contribution < -0.4 is 4.74 Å². The van der Waals surface area contributed by atoms with Gasteiger partial charge in [-0.2, -0.15) is 0 Å². The Kier molecular flexibility index (Phi) is 3.31. The third-order valence-corrected chi connectivity index (χ3v) is 1.64. The Morgan fingerprint density at radius 2 is 2.07 bits per heavy atom. The number of halogens is 2. The van der Waals surface area contributed by atoms with Crippen molar-refractivity contribution in [2.45, 2.75) is 6.54 Å². The largest absolute Gasteiger partial charge is 0.496 e. The summed E-state index contributed by atoms with van der Waals surface area (Å²) in [5.41, 5.74) is 0.301. The predicted molar refractivity (Wildman–Crippen MR) is 44.7 cm³/mol. The third-order valence-electron chi connectivity index (χ3n) is 1.64. The summed E-state index contributed by atoms with van der Waals surface area (Å²) in [5, 5.41) is 0. The lowest BCUT2D eigenvalue weighted by Gasteiger charge is -2.05. The molecule has 1 rings (SSSR count). The number of nitrogens with zero attached hydrogens (tertiary/aromatic N) is 1. The number of methoxy groups -OCH3 is 1. The van der Waals surface area contributed by atoms with E-state index in [0.717, 1.165) is 12.1 Å². The van der Waals surface area contributed by atoms with Crippen molar-refractivity contribution in [2.75, 3.05) is 7.11 Å². The molecule has 0 spiro atoms. The van der Waals surface area contributed by atoms with Crippen LogP contribution in [0, 0.1) is 11.6 Å². The number of ether oxygens (including phenoxy) is 1. The number of rotatable bonds is 3. The summed E-state index contributed by atoms with van der Waals surface area (Å²) < 4.78 is 30.2. The van der Waals surface area contributed by atoms with E-state index in [1.807, 2.05) is 0 Å². The van der Waals surface area contributed by atoms with Gasteiger partial charge in [0.05, 0.1) is 13.7 Å². The lowest BCUT2D eigenvalue weighted by atomic mass is 10.2. The lowest BCUT2D eigenvalue weighted by molar-refractivity contribution is 0.401. The molecule has 0 unspecified atom stereocenters. The van der Waals surface area contributed by atoms with Crippen molar-refractivity contribution in [1.29, 1.82) is 0 Å². The number of aliphatic imine (C=N–C) groups is 1. The SMILES string of the molecule is COc1cc(F)c(F)cc1CN=C=O. The molecular formula is C9H7F2NO2. The second-order valence-corrected chi connectivity index (χ2v) is 2.49. The van der Waals surface area contributed by atoms with E-state index in [1.165, 1.54) is 13.2 Å². The van der Waals surface area contributed by atoms with Gasteiger partial charge in [0.15, 0.2) is 11.6 Å². The first-order valence-corrected chi connectivity index (χ1v) is 3.74. The molecule has 0 aliphatic rings. The molecule has 0 fully saturated rings. The number of carbonyl (C=O) groups excluding carboxylic acids is 1. The minimum absolute atomic E-state index is 0.0795. The van der Waals surface area contributed by atoms with Crippen LogP contribution in [0.5, 0.6) is 5.75 Å². The quantitative estimate of drug-likeness (QED) is 0.550. The minimum Gasteiger partial charge on any atom is -0.496 e. The second kappa shape index (κ2) is 4.48. The Labute approximate surface area is 79.0 Å². The molecule has 0 aromatic heterocycles. The second-order valence-electron chi connectivity index (χ2n) is 2.49. The highest BCUT2D eigenvalue weighted by Crippen LogP contribution is 2.22. The van der Waals surface area contributed by atoms with Gasteiger partial charge in [0.1, 0.15) is 5.75 Å². The first-order chi connectivity index (χ1) is 6.69. The Morgan fingerprint density at radius 3 is 2.64 bits per heavy atom. The number of benzene rings is 1. The Bertz CT molecular complexity index is 387.